The van der Waals surface area contributed by atoms with Crippen LogP contribution in [0.25, 0.3) is 0 Å². The second kappa shape index (κ2) is 3.97. The van der Waals surface area contributed by atoms with E-state index in [9.17, 15) is 0 Å². The zero-order valence-corrected chi connectivity index (χ0v) is 8.12. The lowest BCUT2D eigenvalue weighted by atomic mass is 9.82. The fourth-order valence-electron chi connectivity index (χ4n) is 2.26. The zero-order valence-electron chi connectivity index (χ0n) is 8.12. The van der Waals surface area contributed by atoms with Crippen LogP contribution in [0.3, 0.4) is 0 Å². The van der Waals surface area contributed by atoms with Gasteiger partial charge in [0.15, 0.2) is 0 Å². The molecule has 13 heavy (non-hydrogen) atoms. The van der Waals surface area contributed by atoms with Crippen LogP contribution in [0.1, 0.15) is 37.2 Å². The molecular formula is C11H17NO. The average Bonchev–Trinajstić information content (AvgIpc) is 2.71. The Morgan fingerprint density at radius 3 is 3.08 bits per heavy atom. The minimum Gasteiger partial charge on any atom is -0.472 e. The predicted molar refractivity (Wildman–Crippen MR) is 52.8 cm³/mol. The Kier molecular flexibility index (Phi) is 2.69. The molecule has 1 aliphatic carbocycles. The summed E-state index contributed by atoms with van der Waals surface area (Å²) < 4.78 is 5.12. The lowest BCUT2D eigenvalue weighted by molar-refractivity contribution is 0.354. The van der Waals surface area contributed by atoms with Crippen molar-refractivity contribution in [3.63, 3.8) is 0 Å². The molecule has 2 atom stereocenters. The van der Waals surface area contributed by atoms with Gasteiger partial charge in [0.25, 0.3) is 0 Å². The molecule has 2 rings (SSSR count). The first-order chi connectivity index (χ1) is 6.40. The lowest BCUT2D eigenvalue weighted by Gasteiger charge is -2.28. The summed E-state index contributed by atoms with van der Waals surface area (Å²) in [6.45, 7) is 0. The molecule has 1 heterocycles. The fourth-order valence-corrected chi connectivity index (χ4v) is 2.26. The van der Waals surface area contributed by atoms with E-state index in [1.807, 2.05) is 6.26 Å². The normalized spacial score (nSPS) is 29.0. The highest BCUT2D eigenvalue weighted by Gasteiger charge is 2.22. The number of hydrogen-bond acceptors (Lipinski definition) is 2. The minimum absolute atomic E-state index is 0.702. The van der Waals surface area contributed by atoms with E-state index in [1.54, 1.807) is 6.26 Å². The van der Waals surface area contributed by atoms with Gasteiger partial charge in [-0.05, 0) is 43.9 Å². The van der Waals surface area contributed by atoms with Gasteiger partial charge in [0.05, 0.1) is 12.5 Å². The molecule has 2 heteroatoms. The first-order valence-corrected chi connectivity index (χ1v) is 5.09. The molecule has 0 aromatic carbocycles. The van der Waals surface area contributed by atoms with Crippen LogP contribution in [0.2, 0.25) is 0 Å². The van der Waals surface area contributed by atoms with Gasteiger partial charge in [0.1, 0.15) is 0 Å². The standard InChI is InChI=1S/C11H17NO/c1-12-11-4-2-3-9(7-11)10-5-6-13-8-10/h5-6,8-9,11-12H,2-4,7H2,1H3. The molecule has 1 aromatic heterocycles. The third-order valence-electron chi connectivity index (χ3n) is 3.10. The number of nitrogens with one attached hydrogen (secondary N) is 1. The Hall–Kier alpha value is -0.760. The maximum absolute atomic E-state index is 5.12. The molecule has 2 unspecified atom stereocenters. The van der Waals surface area contributed by atoms with Gasteiger partial charge in [0, 0.05) is 6.04 Å². The van der Waals surface area contributed by atoms with Gasteiger partial charge >= 0.3 is 0 Å². The highest BCUT2D eigenvalue weighted by molar-refractivity contribution is 5.13. The van der Waals surface area contributed by atoms with Crippen molar-refractivity contribution in [2.75, 3.05) is 7.05 Å². The second-order valence-corrected chi connectivity index (χ2v) is 3.91. The third kappa shape index (κ3) is 1.94. The summed E-state index contributed by atoms with van der Waals surface area (Å²) >= 11 is 0. The average molecular weight is 179 g/mol. The van der Waals surface area contributed by atoms with E-state index in [-0.39, 0.29) is 0 Å². The Labute approximate surface area is 79.3 Å². The maximum atomic E-state index is 5.12. The first kappa shape index (κ1) is 8.82. The summed E-state index contributed by atoms with van der Waals surface area (Å²) in [5.74, 6) is 0.713. The topological polar surface area (TPSA) is 25.2 Å². The maximum Gasteiger partial charge on any atom is 0.0937 e. The molecule has 72 valence electrons. The van der Waals surface area contributed by atoms with E-state index >= 15 is 0 Å². The molecule has 1 fully saturated rings. The molecule has 0 spiro atoms. The van der Waals surface area contributed by atoms with Gasteiger partial charge in [-0.2, -0.15) is 0 Å². The molecular weight excluding hydrogens is 162 g/mol. The minimum atomic E-state index is 0.702. The van der Waals surface area contributed by atoms with E-state index < -0.39 is 0 Å². The van der Waals surface area contributed by atoms with Crippen molar-refractivity contribution in [1.29, 1.82) is 0 Å². The van der Waals surface area contributed by atoms with Crippen molar-refractivity contribution in [2.24, 2.45) is 0 Å². The van der Waals surface area contributed by atoms with Crippen LogP contribution in [0.15, 0.2) is 23.0 Å². The molecule has 1 aliphatic rings. The molecule has 0 aliphatic heterocycles. The zero-order chi connectivity index (χ0) is 9.10. The van der Waals surface area contributed by atoms with Gasteiger partial charge < -0.3 is 9.73 Å². The number of furan rings is 1. The van der Waals surface area contributed by atoms with Crippen LogP contribution < -0.4 is 5.32 Å². The van der Waals surface area contributed by atoms with Crippen LogP contribution >= 0.6 is 0 Å². The van der Waals surface area contributed by atoms with Crippen molar-refractivity contribution in [3.8, 4) is 0 Å². The molecule has 1 aromatic rings. The van der Waals surface area contributed by atoms with Gasteiger partial charge in [0.2, 0.25) is 0 Å². The largest absolute Gasteiger partial charge is 0.472 e. The second-order valence-electron chi connectivity index (χ2n) is 3.91. The van der Waals surface area contributed by atoms with Gasteiger partial charge in [-0.15, -0.1) is 0 Å². The summed E-state index contributed by atoms with van der Waals surface area (Å²) in [4.78, 5) is 0. The molecule has 0 amide bonds. The SMILES string of the molecule is CNC1CCCC(c2ccoc2)C1. The fraction of sp³-hybridized carbons (Fsp3) is 0.636. The Bertz CT molecular complexity index is 243. The third-order valence-corrected chi connectivity index (χ3v) is 3.10. The first-order valence-electron chi connectivity index (χ1n) is 5.09. The van der Waals surface area contributed by atoms with Crippen molar-refractivity contribution < 1.29 is 4.42 Å². The molecule has 1 saturated carbocycles. The van der Waals surface area contributed by atoms with E-state index in [1.165, 1.54) is 31.2 Å². The summed E-state index contributed by atoms with van der Waals surface area (Å²) in [6, 6.07) is 2.80. The summed E-state index contributed by atoms with van der Waals surface area (Å²) in [5, 5.41) is 3.37. The predicted octanol–water partition coefficient (Wildman–Crippen LogP) is 2.53. The van der Waals surface area contributed by atoms with Gasteiger partial charge in [-0.3, -0.25) is 0 Å². The van der Waals surface area contributed by atoms with Crippen molar-refractivity contribution in [1.82, 2.24) is 5.32 Å². The quantitative estimate of drug-likeness (QED) is 0.754. The van der Waals surface area contributed by atoms with E-state index in [4.69, 9.17) is 4.42 Å². The highest BCUT2D eigenvalue weighted by Crippen LogP contribution is 2.32. The smallest absolute Gasteiger partial charge is 0.0937 e. The number of rotatable bonds is 2. The summed E-state index contributed by atoms with van der Waals surface area (Å²) in [6.07, 6.45) is 8.90. The molecule has 0 saturated heterocycles. The Balaban J connectivity index is 2.00. The van der Waals surface area contributed by atoms with E-state index in [2.05, 4.69) is 18.4 Å². The molecule has 2 nitrogen and oxygen atoms in total. The van der Waals surface area contributed by atoms with Crippen LogP contribution in [-0.4, -0.2) is 13.1 Å². The van der Waals surface area contributed by atoms with E-state index in [0.29, 0.717) is 12.0 Å². The molecule has 0 bridgehead atoms. The Morgan fingerprint density at radius 2 is 2.38 bits per heavy atom. The summed E-state index contributed by atoms with van der Waals surface area (Å²) in [7, 11) is 2.06. The van der Waals surface area contributed by atoms with Crippen LogP contribution in [0, 0.1) is 0 Å². The highest BCUT2D eigenvalue weighted by atomic mass is 16.3. The van der Waals surface area contributed by atoms with Gasteiger partial charge in [-0.1, -0.05) is 6.42 Å². The molecule has 0 radical (unpaired) electrons. The van der Waals surface area contributed by atoms with Gasteiger partial charge in [-0.25, -0.2) is 0 Å². The van der Waals surface area contributed by atoms with Crippen molar-refractivity contribution in [3.05, 3.63) is 24.2 Å². The Morgan fingerprint density at radius 1 is 1.46 bits per heavy atom. The van der Waals surface area contributed by atoms with Crippen LogP contribution in [0.5, 0.6) is 0 Å². The van der Waals surface area contributed by atoms with E-state index in [0.717, 1.165) is 0 Å². The monoisotopic (exact) mass is 179 g/mol. The molecule has 1 N–H and O–H groups in total. The van der Waals surface area contributed by atoms with Crippen molar-refractivity contribution in [2.45, 2.75) is 37.6 Å². The van der Waals surface area contributed by atoms with Crippen LogP contribution in [0.4, 0.5) is 0 Å². The van der Waals surface area contributed by atoms with Crippen molar-refractivity contribution >= 4 is 0 Å². The van der Waals surface area contributed by atoms with Crippen LogP contribution in [-0.2, 0) is 0 Å². The summed E-state index contributed by atoms with van der Waals surface area (Å²) in [5.41, 5.74) is 1.37. The lowest BCUT2D eigenvalue weighted by Crippen LogP contribution is -2.30. The number of hydrogen-bond donors (Lipinski definition) is 1.